The SMILES string of the molecule is C[C@@H](OC(=O)c1ccc(F)c(S(=O)(=O)N2CCCCC2)c1)C(=O)Nc1cccc(C#N)c1. The number of esters is 1. The molecule has 1 N–H and O–H groups in total. The van der Waals surface area contributed by atoms with Crippen molar-refractivity contribution in [3.05, 3.63) is 59.4 Å². The third kappa shape index (κ3) is 5.30. The van der Waals surface area contributed by atoms with E-state index in [-0.39, 0.29) is 5.56 Å². The van der Waals surface area contributed by atoms with Crippen molar-refractivity contribution >= 4 is 27.6 Å². The molecule has 1 aliphatic rings. The molecule has 1 saturated heterocycles. The first-order chi connectivity index (χ1) is 15.2. The van der Waals surface area contributed by atoms with Gasteiger partial charge in [0.15, 0.2) is 6.10 Å². The highest BCUT2D eigenvalue weighted by Gasteiger charge is 2.30. The van der Waals surface area contributed by atoms with Crippen molar-refractivity contribution in [1.82, 2.24) is 4.31 Å². The quantitative estimate of drug-likeness (QED) is 0.664. The summed E-state index contributed by atoms with van der Waals surface area (Å²) >= 11 is 0. The molecule has 1 heterocycles. The predicted octanol–water partition coefficient (Wildman–Crippen LogP) is 3.06. The van der Waals surface area contributed by atoms with E-state index in [2.05, 4.69) is 5.32 Å². The minimum atomic E-state index is -4.10. The summed E-state index contributed by atoms with van der Waals surface area (Å²) in [5.41, 5.74) is 0.517. The highest BCUT2D eigenvalue weighted by atomic mass is 32.2. The van der Waals surface area contributed by atoms with Crippen LogP contribution in [0.4, 0.5) is 10.1 Å². The van der Waals surface area contributed by atoms with Crippen LogP contribution >= 0.6 is 0 Å². The van der Waals surface area contributed by atoms with Gasteiger partial charge in [0, 0.05) is 18.8 Å². The van der Waals surface area contributed by atoms with Crippen LogP contribution in [0.1, 0.15) is 42.1 Å². The molecule has 168 valence electrons. The number of hydrogen-bond acceptors (Lipinski definition) is 6. The number of carbonyl (C=O) groups is 2. The highest BCUT2D eigenvalue weighted by molar-refractivity contribution is 7.89. The van der Waals surface area contributed by atoms with E-state index in [1.54, 1.807) is 18.2 Å². The number of carbonyl (C=O) groups excluding carboxylic acids is 2. The molecule has 3 rings (SSSR count). The van der Waals surface area contributed by atoms with Crippen LogP contribution in [0.5, 0.6) is 0 Å². The molecule has 1 fully saturated rings. The van der Waals surface area contributed by atoms with Crippen molar-refractivity contribution in [2.75, 3.05) is 18.4 Å². The minimum Gasteiger partial charge on any atom is -0.449 e. The molecule has 0 aliphatic carbocycles. The van der Waals surface area contributed by atoms with E-state index in [0.717, 1.165) is 24.6 Å². The lowest BCUT2D eigenvalue weighted by Gasteiger charge is -2.26. The number of nitriles is 1. The summed E-state index contributed by atoms with van der Waals surface area (Å²) in [4.78, 5) is 24.2. The molecule has 1 amide bonds. The zero-order valence-electron chi connectivity index (χ0n) is 17.4. The normalized spacial score (nSPS) is 15.4. The molecule has 0 aromatic heterocycles. The smallest absolute Gasteiger partial charge is 0.338 e. The van der Waals surface area contributed by atoms with Gasteiger partial charge in [-0.05, 0) is 56.2 Å². The molecule has 32 heavy (non-hydrogen) atoms. The summed E-state index contributed by atoms with van der Waals surface area (Å²) in [6.45, 7) is 1.93. The number of rotatable bonds is 6. The molecule has 0 unspecified atom stereocenters. The third-order valence-electron chi connectivity index (χ3n) is 5.01. The number of halogens is 1. The van der Waals surface area contributed by atoms with Gasteiger partial charge in [-0.2, -0.15) is 9.57 Å². The fourth-order valence-corrected chi connectivity index (χ4v) is 4.87. The van der Waals surface area contributed by atoms with Crippen molar-refractivity contribution in [1.29, 1.82) is 5.26 Å². The topological polar surface area (TPSA) is 117 Å². The van der Waals surface area contributed by atoms with Crippen molar-refractivity contribution < 1.29 is 27.1 Å². The number of sulfonamides is 1. The summed E-state index contributed by atoms with van der Waals surface area (Å²) < 4.78 is 46.3. The summed E-state index contributed by atoms with van der Waals surface area (Å²) in [6.07, 6.45) is 1.06. The monoisotopic (exact) mass is 459 g/mol. The Labute approximate surface area is 185 Å². The van der Waals surface area contributed by atoms with Crippen LogP contribution in [0.15, 0.2) is 47.4 Å². The lowest BCUT2D eigenvalue weighted by molar-refractivity contribution is -0.123. The van der Waals surface area contributed by atoms with Crippen LogP contribution < -0.4 is 5.32 Å². The lowest BCUT2D eigenvalue weighted by Crippen LogP contribution is -2.36. The second kappa shape index (κ2) is 9.89. The van der Waals surface area contributed by atoms with Crippen LogP contribution in [0.25, 0.3) is 0 Å². The van der Waals surface area contributed by atoms with Gasteiger partial charge < -0.3 is 10.1 Å². The van der Waals surface area contributed by atoms with Crippen LogP contribution in [0.2, 0.25) is 0 Å². The molecule has 0 radical (unpaired) electrons. The van der Waals surface area contributed by atoms with Gasteiger partial charge in [0.25, 0.3) is 5.91 Å². The molecule has 1 aliphatic heterocycles. The van der Waals surface area contributed by atoms with E-state index in [1.807, 2.05) is 6.07 Å². The maximum Gasteiger partial charge on any atom is 0.338 e. The van der Waals surface area contributed by atoms with Gasteiger partial charge in [0.05, 0.1) is 17.2 Å². The second-order valence-corrected chi connectivity index (χ2v) is 9.25. The van der Waals surface area contributed by atoms with Gasteiger partial charge in [0.2, 0.25) is 10.0 Å². The van der Waals surface area contributed by atoms with Gasteiger partial charge in [0.1, 0.15) is 10.7 Å². The molecule has 1 atom stereocenters. The van der Waals surface area contributed by atoms with E-state index in [1.165, 1.54) is 17.3 Å². The number of hydrogen-bond donors (Lipinski definition) is 1. The van der Waals surface area contributed by atoms with Gasteiger partial charge in [-0.1, -0.05) is 12.5 Å². The Hall–Kier alpha value is -3.29. The summed E-state index contributed by atoms with van der Waals surface area (Å²) in [7, 11) is -4.10. The number of anilines is 1. The van der Waals surface area contributed by atoms with E-state index < -0.39 is 38.7 Å². The first-order valence-corrected chi connectivity index (χ1v) is 11.5. The second-order valence-electron chi connectivity index (χ2n) is 7.34. The maximum absolute atomic E-state index is 14.3. The maximum atomic E-state index is 14.3. The predicted molar refractivity (Wildman–Crippen MR) is 114 cm³/mol. The standard InChI is InChI=1S/C22H22FN3O5S/c1-15(21(27)25-18-7-5-6-16(12-18)14-24)31-22(28)17-8-9-19(23)20(13-17)32(29,30)26-10-3-2-4-11-26/h5-9,12-13,15H,2-4,10-11H2,1H3,(H,25,27)/t15-/m1/s1. The average molecular weight is 459 g/mol. The molecular weight excluding hydrogens is 437 g/mol. The van der Waals surface area contributed by atoms with E-state index in [0.29, 0.717) is 37.2 Å². The Kier molecular flexibility index (Phi) is 7.22. The fraction of sp³-hybridized carbons (Fsp3) is 0.318. The zero-order chi connectivity index (χ0) is 23.3. The highest BCUT2D eigenvalue weighted by Crippen LogP contribution is 2.24. The molecular formula is C22H22FN3O5S. The molecule has 2 aromatic rings. The van der Waals surface area contributed by atoms with Crippen LogP contribution in [0, 0.1) is 17.1 Å². The van der Waals surface area contributed by atoms with Crippen LogP contribution in [0.3, 0.4) is 0 Å². The molecule has 2 aromatic carbocycles. The van der Waals surface area contributed by atoms with Crippen molar-refractivity contribution in [3.8, 4) is 6.07 Å². The number of amides is 1. The Morgan fingerprint density at radius 2 is 1.88 bits per heavy atom. The minimum absolute atomic E-state index is 0.187. The first kappa shape index (κ1) is 23.4. The molecule has 0 bridgehead atoms. The van der Waals surface area contributed by atoms with Crippen LogP contribution in [-0.4, -0.2) is 43.8 Å². The van der Waals surface area contributed by atoms with Gasteiger partial charge >= 0.3 is 5.97 Å². The Bertz CT molecular complexity index is 1170. The van der Waals surface area contributed by atoms with Crippen molar-refractivity contribution in [2.45, 2.75) is 37.2 Å². The summed E-state index contributed by atoms with van der Waals surface area (Å²) in [6, 6.07) is 11.1. The number of benzene rings is 2. The Morgan fingerprint density at radius 1 is 1.16 bits per heavy atom. The number of piperidine rings is 1. The first-order valence-electron chi connectivity index (χ1n) is 10.0. The summed E-state index contributed by atoms with van der Waals surface area (Å²) in [5, 5.41) is 11.5. The van der Waals surface area contributed by atoms with Gasteiger partial charge in [-0.25, -0.2) is 17.6 Å². The van der Waals surface area contributed by atoms with E-state index >= 15 is 0 Å². The summed E-state index contributed by atoms with van der Waals surface area (Å²) in [5.74, 6) is -2.57. The van der Waals surface area contributed by atoms with Crippen LogP contribution in [-0.2, 0) is 19.6 Å². The van der Waals surface area contributed by atoms with E-state index in [9.17, 15) is 22.4 Å². The molecule has 8 nitrogen and oxygen atoms in total. The number of ether oxygens (including phenoxy) is 1. The van der Waals surface area contributed by atoms with Crippen molar-refractivity contribution in [3.63, 3.8) is 0 Å². The Balaban J connectivity index is 1.72. The number of nitrogens with one attached hydrogen (secondary N) is 1. The molecule has 0 spiro atoms. The average Bonchev–Trinajstić information content (AvgIpc) is 2.79. The third-order valence-corrected chi connectivity index (χ3v) is 6.93. The molecule has 10 heteroatoms. The number of nitrogens with zero attached hydrogens (tertiary/aromatic N) is 2. The molecule has 0 saturated carbocycles. The van der Waals surface area contributed by atoms with Gasteiger partial charge in [-0.15, -0.1) is 0 Å². The van der Waals surface area contributed by atoms with E-state index in [4.69, 9.17) is 10.00 Å². The van der Waals surface area contributed by atoms with Crippen molar-refractivity contribution in [2.24, 2.45) is 0 Å². The zero-order valence-corrected chi connectivity index (χ0v) is 18.2. The lowest BCUT2D eigenvalue weighted by atomic mass is 10.2. The Morgan fingerprint density at radius 3 is 2.56 bits per heavy atom. The fourth-order valence-electron chi connectivity index (χ4n) is 3.26. The van der Waals surface area contributed by atoms with Gasteiger partial charge in [-0.3, -0.25) is 4.79 Å². The largest absolute Gasteiger partial charge is 0.449 e.